The quantitative estimate of drug-likeness (QED) is 0.634. The van der Waals surface area contributed by atoms with Crippen LogP contribution >= 0.6 is 0 Å². The van der Waals surface area contributed by atoms with Crippen molar-refractivity contribution in [2.24, 2.45) is 0 Å². The first kappa shape index (κ1) is 23.8. The lowest BCUT2D eigenvalue weighted by Crippen LogP contribution is -2.47. The fraction of sp³-hybridized carbons (Fsp3) is 0.462. The third-order valence-electron chi connectivity index (χ3n) is 6.18. The fourth-order valence-electron chi connectivity index (χ4n) is 4.16. The van der Waals surface area contributed by atoms with Gasteiger partial charge < -0.3 is 20.4 Å². The number of piperidine rings is 1. The number of likely N-dealkylation sites (N-methyl/N-ethyl adjacent to an activating group) is 1. The van der Waals surface area contributed by atoms with E-state index in [1.54, 1.807) is 0 Å². The summed E-state index contributed by atoms with van der Waals surface area (Å²) in [5, 5.41) is 5.94. The highest BCUT2D eigenvalue weighted by atomic mass is 16.2. The summed E-state index contributed by atoms with van der Waals surface area (Å²) in [5.74, 6) is -0.263. The summed E-state index contributed by atoms with van der Waals surface area (Å²) in [6, 6.07) is 20.0. The zero-order valence-corrected chi connectivity index (χ0v) is 19.3. The maximum Gasteiger partial charge on any atom is 0.314 e. The second-order valence-electron chi connectivity index (χ2n) is 8.75. The zero-order valence-electron chi connectivity index (χ0n) is 19.3. The van der Waals surface area contributed by atoms with E-state index < -0.39 is 0 Å². The van der Waals surface area contributed by atoms with Crippen molar-refractivity contribution in [2.45, 2.75) is 37.6 Å². The van der Waals surface area contributed by atoms with Crippen LogP contribution in [0.4, 0.5) is 4.79 Å². The Labute approximate surface area is 192 Å². The van der Waals surface area contributed by atoms with Crippen LogP contribution in [0.25, 0.3) is 0 Å². The Bertz CT molecular complexity index is 835. The van der Waals surface area contributed by atoms with Crippen molar-refractivity contribution in [1.29, 1.82) is 0 Å². The minimum atomic E-state index is -0.367. The van der Waals surface area contributed by atoms with Crippen molar-refractivity contribution in [1.82, 2.24) is 20.4 Å². The minimum Gasteiger partial charge on any atom is -0.342 e. The molecule has 1 fully saturated rings. The van der Waals surface area contributed by atoms with E-state index in [0.29, 0.717) is 6.54 Å². The topological polar surface area (TPSA) is 64.7 Å². The molecule has 0 radical (unpaired) electrons. The Morgan fingerprint density at radius 2 is 1.47 bits per heavy atom. The molecule has 3 rings (SSSR count). The van der Waals surface area contributed by atoms with E-state index in [1.807, 2.05) is 67.5 Å². The first-order valence-electron chi connectivity index (χ1n) is 11.6. The molecular weight excluding hydrogens is 400 g/mol. The standard InChI is InChI=1S/C26H36N4O2/c1-29(2)23(18-21-12-6-3-7-13-21)19-27-26(32)28-20-24(22-14-8-4-9-15-22)25(31)30-16-10-5-11-17-30/h3-4,6-9,12-15,23-24H,5,10-11,16-20H2,1-2H3,(H2,27,28,32). The summed E-state index contributed by atoms with van der Waals surface area (Å²) in [4.78, 5) is 29.9. The van der Waals surface area contributed by atoms with Gasteiger partial charge in [-0.05, 0) is 50.9 Å². The molecule has 0 bridgehead atoms. The Balaban J connectivity index is 1.56. The monoisotopic (exact) mass is 436 g/mol. The number of nitrogens with zero attached hydrogens (tertiary/aromatic N) is 2. The summed E-state index contributed by atoms with van der Waals surface area (Å²) in [5.41, 5.74) is 2.18. The summed E-state index contributed by atoms with van der Waals surface area (Å²) in [6.07, 6.45) is 4.13. The zero-order chi connectivity index (χ0) is 22.8. The molecule has 3 amide bonds. The van der Waals surface area contributed by atoms with Crippen LogP contribution in [-0.2, 0) is 11.2 Å². The minimum absolute atomic E-state index is 0.103. The number of rotatable bonds is 9. The molecule has 2 atom stereocenters. The average molecular weight is 437 g/mol. The van der Waals surface area contributed by atoms with E-state index in [2.05, 4.69) is 27.7 Å². The molecule has 0 aromatic heterocycles. The molecule has 1 saturated heterocycles. The molecule has 0 saturated carbocycles. The summed E-state index contributed by atoms with van der Waals surface area (Å²) >= 11 is 0. The van der Waals surface area contributed by atoms with Crippen LogP contribution in [0.5, 0.6) is 0 Å². The highest BCUT2D eigenvalue weighted by Crippen LogP contribution is 2.20. The summed E-state index contributed by atoms with van der Waals surface area (Å²) < 4.78 is 0. The molecule has 32 heavy (non-hydrogen) atoms. The van der Waals surface area contributed by atoms with Gasteiger partial charge in [0.2, 0.25) is 5.91 Å². The van der Waals surface area contributed by atoms with Gasteiger partial charge in [0.25, 0.3) is 0 Å². The fourth-order valence-corrected chi connectivity index (χ4v) is 4.16. The van der Waals surface area contributed by atoms with Gasteiger partial charge in [-0.1, -0.05) is 60.7 Å². The lowest BCUT2D eigenvalue weighted by molar-refractivity contribution is -0.133. The molecule has 0 aliphatic carbocycles. The van der Waals surface area contributed by atoms with Gasteiger partial charge in [-0.3, -0.25) is 4.79 Å². The average Bonchev–Trinajstić information content (AvgIpc) is 2.83. The highest BCUT2D eigenvalue weighted by Gasteiger charge is 2.27. The van der Waals surface area contributed by atoms with Crippen molar-refractivity contribution in [3.63, 3.8) is 0 Å². The molecule has 2 aromatic carbocycles. The SMILES string of the molecule is CN(C)C(CNC(=O)NCC(C(=O)N1CCCCC1)c1ccccc1)Cc1ccccc1. The van der Waals surface area contributed by atoms with E-state index in [-0.39, 0.29) is 30.4 Å². The number of urea groups is 1. The van der Waals surface area contributed by atoms with Gasteiger partial charge in [0.15, 0.2) is 0 Å². The largest absolute Gasteiger partial charge is 0.342 e. The van der Waals surface area contributed by atoms with Gasteiger partial charge in [0.1, 0.15) is 0 Å². The lowest BCUT2D eigenvalue weighted by atomic mass is 9.96. The predicted molar refractivity (Wildman–Crippen MR) is 129 cm³/mol. The van der Waals surface area contributed by atoms with Crippen molar-refractivity contribution in [3.8, 4) is 0 Å². The second-order valence-corrected chi connectivity index (χ2v) is 8.75. The Morgan fingerprint density at radius 3 is 2.09 bits per heavy atom. The molecule has 6 heteroatoms. The van der Waals surface area contributed by atoms with Gasteiger partial charge in [0.05, 0.1) is 5.92 Å². The lowest BCUT2D eigenvalue weighted by Gasteiger charge is -2.31. The van der Waals surface area contributed by atoms with E-state index in [1.165, 1.54) is 12.0 Å². The molecular formula is C26H36N4O2. The number of benzene rings is 2. The van der Waals surface area contributed by atoms with Gasteiger partial charge in [0, 0.05) is 32.2 Å². The second kappa shape index (κ2) is 12.2. The summed E-state index contributed by atoms with van der Waals surface area (Å²) in [6.45, 7) is 2.43. The molecule has 1 aliphatic heterocycles. The molecule has 1 heterocycles. The predicted octanol–water partition coefficient (Wildman–Crippen LogP) is 3.25. The summed E-state index contributed by atoms with van der Waals surface area (Å²) in [7, 11) is 4.05. The van der Waals surface area contributed by atoms with Gasteiger partial charge in [-0.2, -0.15) is 0 Å². The maximum absolute atomic E-state index is 13.2. The van der Waals surface area contributed by atoms with Gasteiger partial charge >= 0.3 is 6.03 Å². The van der Waals surface area contributed by atoms with E-state index in [9.17, 15) is 9.59 Å². The third-order valence-corrected chi connectivity index (χ3v) is 6.18. The molecule has 172 valence electrons. The van der Waals surface area contributed by atoms with E-state index in [0.717, 1.165) is 37.9 Å². The molecule has 2 aromatic rings. The number of nitrogens with one attached hydrogen (secondary N) is 2. The van der Waals surface area contributed by atoms with Crippen LogP contribution in [0, 0.1) is 0 Å². The number of amides is 3. The number of carbonyl (C=O) groups is 2. The molecule has 1 aliphatic rings. The molecule has 2 N–H and O–H groups in total. The first-order valence-corrected chi connectivity index (χ1v) is 11.6. The normalized spacial score (nSPS) is 15.8. The van der Waals surface area contributed by atoms with Crippen LogP contribution < -0.4 is 10.6 Å². The van der Waals surface area contributed by atoms with Gasteiger partial charge in [-0.25, -0.2) is 4.79 Å². The Hall–Kier alpha value is -2.86. The van der Waals surface area contributed by atoms with Crippen LogP contribution in [0.15, 0.2) is 60.7 Å². The van der Waals surface area contributed by atoms with Crippen molar-refractivity contribution >= 4 is 11.9 Å². The Morgan fingerprint density at radius 1 is 0.875 bits per heavy atom. The Kier molecular flexibility index (Phi) is 9.11. The number of carbonyl (C=O) groups excluding carboxylic acids is 2. The van der Waals surface area contributed by atoms with E-state index >= 15 is 0 Å². The van der Waals surface area contributed by atoms with E-state index in [4.69, 9.17) is 0 Å². The molecule has 2 unspecified atom stereocenters. The van der Waals surface area contributed by atoms with Crippen molar-refractivity contribution in [3.05, 3.63) is 71.8 Å². The number of likely N-dealkylation sites (tertiary alicyclic amines) is 1. The van der Waals surface area contributed by atoms with Crippen molar-refractivity contribution in [2.75, 3.05) is 40.3 Å². The van der Waals surface area contributed by atoms with Crippen LogP contribution in [0.3, 0.4) is 0 Å². The van der Waals surface area contributed by atoms with Gasteiger partial charge in [-0.15, -0.1) is 0 Å². The number of hydrogen-bond donors (Lipinski definition) is 2. The highest BCUT2D eigenvalue weighted by molar-refractivity contribution is 5.85. The smallest absolute Gasteiger partial charge is 0.314 e. The molecule has 6 nitrogen and oxygen atoms in total. The van der Waals surface area contributed by atoms with Crippen LogP contribution in [0.1, 0.15) is 36.3 Å². The van der Waals surface area contributed by atoms with Crippen molar-refractivity contribution < 1.29 is 9.59 Å². The van der Waals surface area contributed by atoms with Crippen LogP contribution in [-0.4, -0.2) is 68.1 Å². The third kappa shape index (κ3) is 7.09. The molecule has 0 spiro atoms. The number of hydrogen-bond acceptors (Lipinski definition) is 3. The maximum atomic E-state index is 13.2. The first-order chi connectivity index (χ1) is 15.5. The van der Waals surface area contributed by atoms with Crippen LogP contribution in [0.2, 0.25) is 0 Å².